The van der Waals surface area contributed by atoms with Crippen LogP contribution in [0.4, 0.5) is 0 Å². The zero-order valence-electron chi connectivity index (χ0n) is 11.5. The molecule has 0 aliphatic rings. The van der Waals surface area contributed by atoms with E-state index in [1.807, 2.05) is 24.3 Å². The maximum absolute atomic E-state index is 6.01. The summed E-state index contributed by atoms with van der Waals surface area (Å²) in [5.74, 6) is 0.844. The predicted molar refractivity (Wildman–Crippen MR) is 87.4 cm³/mol. The van der Waals surface area contributed by atoms with E-state index in [2.05, 4.69) is 46.4 Å². The first-order valence-electron chi connectivity index (χ1n) is 6.41. The molecule has 2 nitrogen and oxygen atoms in total. The van der Waals surface area contributed by atoms with E-state index in [9.17, 15) is 0 Å². The third-order valence-corrected chi connectivity index (χ3v) is 4.03. The van der Waals surface area contributed by atoms with Crippen molar-refractivity contribution in [2.75, 3.05) is 7.11 Å². The molecule has 0 amide bonds. The van der Waals surface area contributed by atoms with Crippen molar-refractivity contribution in [3.05, 3.63) is 63.1 Å². The molecular formula is C16H17BrClNO. The summed E-state index contributed by atoms with van der Waals surface area (Å²) in [5.41, 5.74) is 2.39. The van der Waals surface area contributed by atoms with Crippen LogP contribution in [-0.4, -0.2) is 7.11 Å². The van der Waals surface area contributed by atoms with Gasteiger partial charge >= 0.3 is 0 Å². The molecule has 1 atom stereocenters. The average molecular weight is 355 g/mol. The lowest BCUT2D eigenvalue weighted by Crippen LogP contribution is -2.18. The van der Waals surface area contributed by atoms with Gasteiger partial charge in [0, 0.05) is 17.6 Å². The molecule has 20 heavy (non-hydrogen) atoms. The monoisotopic (exact) mass is 353 g/mol. The lowest BCUT2D eigenvalue weighted by Gasteiger charge is -2.15. The highest BCUT2D eigenvalue weighted by atomic mass is 79.9. The number of hydrogen-bond acceptors (Lipinski definition) is 2. The zero-order chi connectivity index (χ0) is 14.5. The van der Waals surface area contributed by atoms with Crippen molar-refractivity contribution in [3.8, 4) is 5.75 Å². The Balaban J connectivity index is 1.99. The van der Waals surface area contributed by atoms with Crippen LogP contribution in [0.3, 0.4) is 0 Å². The van der Waals surface area contributed by atoms with Crippen molar-refractivity contribution in [1.29, 1.82) is 0 Å². The molecule has 1 N–H and O–H groups in total. The highest BCUT2D eigenvalue weighted by Gasteiger charge is 2.06. The molecule has 0 aliphatic carbocycles. The summed E-state index contributed by atoms with van der Waals surface area (Å²) in [6, 6.07) is 14.3. The van der Waals surface area contributed by atoms with Crippen LogP contribution in [0.15, 0.2) is 46.9 Å². The van der Waals surface area contributed by atoms with Crippen LogP contribution >= 0.6 is 27.5 Å². The van der Waals surface area contributed by atoms with Crippen LogP contribution in [0.2, 0.25) is 5.02 Å². The first-order chi connectivity index (χ1) is 9.60. The second kappa shape index (κ2) is 7.11. The van der Waals surface area contributed by atoms with Gasteiger partial charge in [-0.1, -0.05) is 29.8 Å². The van der Waals surface area contributed by atoms with E-state index in [-0.39, 0.29) is 6.04 Å². The molecule has 0 radical (unpaired) electrons. The molecule has 0 heterocycles. The largest absolute Gasteiger partial charge is 0.496 e. The minimum absolute atomic E-state index is 0.245. The van der Waals surface area contributed by atoms with Gasteiger partial charge in [-0.3, -0.25) is 0 Å². The Kier molecular flexibility index (Phi) is 5.46. The van der Waals surface area contributed by atoms with Gasteiger partial charge in [-0.15, -0.1) is 0 Å². The second-order valence-corrected chi connectivity index (χ2v) is 5.92. The van der Waals surface area contributed by atoms with Crippen molar-refractivity contribution in [1.82, 2.24) is 5.32 Å². The van der Waals surface area contributed by atoms with Crippen LogP contribution in [0.5, 0.6) is 5.75 Å². The molecule has 0 unspecified atom stereocenters. The highest BCUT2D eigenvalue weighted by molar-refractivity contribution is 9.10. The van der Waals surface area contributed by atoms with E-state index in [1.165, 1.54) is 11.1 Å². The van der Waals surface area contributed by atoms with E-state index in [4.69, 9.17) is 16.3 Å². The molecular weight excluding hydrogens is 338 g/mol. The van der Waals surface area contributed by atoms with Crippen LogP contribution in [0.25, 0.3) is 0 Å². The minimum Gasteiger partial charge on any atom is -0.496 e. The number of benzene rings is 2. The zero-order valence-corrected chi connectivity index (χ0v) is 13.8. The Bertz CT molecular complexity index is 588. The summed E-state index contributed by atoms with van der Waals surface area (Å²) < 4.78 is 6.19. The third-order valence-electron chi connectivity index (χ3n) is 3.18. The summed E-state index contributed by atoms with van der Waals surface area (Å²) in [7, 11) is 1.67. The van der Waals surface area contributed by atoms with Gasteiger partial charge in [0.15, 0.2) is 0 Å². The number of rotatable bonds is 5. The number of ether oxygens (including phenoxy) is 1. The van der Waals surface area contributed by atoms with E-state index in [0.29, 0.717) is 0 Å². The SMILES string of the molecule is COc1ccc(CN[C@H](C)c2cccc(Cl)c2)cc1Br. The van der Waals surface area contributed by atoms with Crippen molar-refractivity contribution < 1.29 is 4.74 Å². The quantitative estimate of drug-likeness (QED) is 0.819. The summed E-state index contributed by atoms with van der Waals surface area (Å²) in [5, 5.41) is 4.25. The first kappa shape index (κ1) is 15.4. The first-order valence-corrected chi connectivity index (χ1v) is 7.58. The van der Waals surface area contributed by atoms with Gasteiger partial charge in [0.25, 0.3) is 0 Å². The summed E-state index contributed by atoms with van der Waals surface area (Å²) in [4.78, 5) is 0. The second-order valence-electron chi connectivity index (χ2n) is 4.63. The molecule has 0 saturated heterocycles. The molecule has 2 aromatic carbocycles. The van der Waals surface area contributed by atoms with Crippen molar-refractivity contribution in [2.45, 2.75) is 19.5 Å². The Labute approximate surface area is 133 Å². The fourth-order valence-electron chi connectivity index (χ4n) is 1.98. The average Bonchev–Trinajstić information content (AvgIpc) is 2.45. The van der Waals surface area contributed by atoms with E-state index in [0.717, 1.165) is 21.8 Å². The van der Waals surface area contributed by atoms with Gasteiger partial charge in [0.05, 0.1) is 11.6 Å². The van der Waals surface area contributed by atoms with Crippen molar-refractivity contribution in [3.63, 3.8) is 0 Å². The third kappa shape index (κ3) is 3.98. The lowest BCUT2D eigenvalue weighted by atomic mass is 10.1. The topological polar surface area (TPSA) is 21.3 Å². The van der Waals surface area contributed by atoms with Gasteiger partial charge in [0.1, 0.15) is 5.75 Å². The molecule has 0 spiro atoms. The van der Waals surface area contributed by atoms with E-state index < -0.39 is 0 Å². The molecule has 0 aromatic heterocycles. The Morgan fingerprint density at radius 2 is 2.05 bits per heavy atom. The fraction of sp³-hybridized carbons (Fsp3) is 0.250. The Morgan fingerprint density at radius 3 is 2.70 bits per heavy atom. The maximum atomic E-state index is 6.01. The fourth-order valence-corrected chi connectivity index (χ4v) is 2.77. The molecule has 0 fully saturated rings. The molecule has 0 saturated carbocycles. The van der Waals surface area contributed by atoms with Gasteiger partial charge in [-0.25, -0.2) is 0 Å². The van der Waals surface area contributed by atoms with Gasteiger partial charge in [-0.2, -0.15) is 0 Å². The predicted octanol–water partition coefficient (Wildman–Crippen LogP) is 4.96. The van der Waals surface area contributed by atoms with Crippen LogP contribution in [-0.2, 0) is 6.54 Å². The van der Waals surface area contributed by atoms with Crippen molar-refractivity contribution in [2.24, 2.45) is 0 Å². The summed E-state index contributed by atoms with van der Waals surface area (Å²) in [6.45, 7) is 2.92. The van der Waals surface area contributed by atoms with E-state index in [1.54, 1.807) is 7.11 Å². The standard InChI is InChI=1S/C16H17BrClNO/c1-11(13-4-3-5-14(18)9-13)19-10-12-6-7-16(20-2)15(17)8-12/h3-9,11,19H,10H2,1-2H3/t11-/m1/s1. The highest BCUT2D eigenvalue weighted by Crippen LogP contribution is 2.26. The lowest BCUT2D eigenvalue weighted by molar-refractivity contribution is 0.412. The smallest absolute Gasteiger partial charge is 0.133 e. The van der Waals surface area contributed by atoms with Gasteiger partial charge in [0.2, 0.25) is 0 Å². The number of methoxy groups -OCH3 is 1. The normalized spacial score (nSPS) is 12.2. The number of halogens is 2. The van der Waals surface area contributed by atoms with Gasteiger partial charge < -0.3 is 10.1 Å². The molecule has 2 aromatic rings. The molecule has 2 rings (SSSR count). The van der Waals surface area contributed by atoms with Crippen LogP contribution < -0.4 is 10.1 Å². The minimum atomic E-state index is 0.245. The molecule has 0 bridgehead atoms. The molecule has 106 valence electrons. The number of hydrogen-bond donors (Lipinski definition) is 1. The summed E-state index contributed by atoms with van der Waals surface area (Å²) in [6.07, 6.45) is 0. The van der Waals surface area contributed by atoms with Crippen LogP contribution in [0.1, 0.15) is 24.1 Å². The number of nitrogens with one attached hydrogen (secondary N) is 1. The molecule has 4 heteroatoms. The Hall–Kier alpha value is -1.03. The summed E-state index contributed by atoms with van der Waals surface area (Å²) >= 11 is 9.51. The maximum Gasteiger partial charge on any atom is 0.133 e. The van der Waals surface area contributed by atoms with Gasteiger partial charge in [-0.05, 0) is 58.2 Å². The Morgan fingerprint density at radius 1 is 1.25 bits per heavy atom. The van der Waals surface area contributed by atoms with Crippen LogP contribution in [0, 0.1) is 0 Å². The molecule has 0 aliphatic heterocycles. The van der Waals surface area contributed by atoms with E-state index >= 15 is 0 Å². The van der Waals surface area contributed by atoms with Crippen molar-refractivity contribution >= 4 is 27.5 Å².